The number of anilines is 1. The third-order valence-corrected chi connectivity index (χ3v) is 3.73. The Labute approximate surface area is 120 Å². The minimum absolute atomic E-state index is 0.0402. The van der Waals surface area contributed by atoms with Gasteiger partial charge in [-0.1, -0.05) is 11.6 Å². The summed E-state index contributed by atoms with van der Waals surface area (Å²) in [7, 11) is -3.79. The number of benzene rings is 1. The monoisotopic (exact) mass is 311 g/mol. The van der Waals surface area contributed by atoms with Gasteiger partial charge in [0.25, 0.3) is 0 Å². The minimum Gasteiger partial charge on any atom is -0.449 e. The Morgan fingerprint density at radius 2 is 2.10 bits per heavy atom. The van der Waals surface area contributed by atoms with Crippen LogP contribution < -0.4 is 10.5 Å². The van der Waals surface area contributed by atoms with Gasteiger partial charge in [0, 0.05) is 0 Å². The average molecular weight is 312 g/mol. The van der Waals surface area contributed by atoms with Gasteiger partial charge in [0.05, 0.1) is 22.2 Å². The molecular weight excluding hydrogens is 302 g/mol. The summed E-state index contributed by atoms with van der Waals surface area (Å²) in [5.41, 5.74) is 0.410. The number of hydrogen-bond acceptors (Lipinski definition) is 5. The molecule has 3 N–H and O–H groups in total. The molecular formula is C12H10ClN3O3S. The first-order valence-electron chi connectivity index (χ1n) is 5.45. The van der Waals surface area contributed by atoms with E-state index in [2.05, 4.69) is 5.32 Å². The Balaban J connectivity index is 2.19. The van der Waals surface area contributed by atoms with Gasteiger partial charge in [-0.15, -0.1) is 0 Å². The average Bonchev–Trinajstić information content (AvgIpc) is 2.84. The minimum atomic E-state index is -3.79. The molecule has 0 aliphatic heterocycles. The number of nitrogens with one attached hydrogen (secondary N) is 1. The predicted molar refractivity (Wildman–Crippen MR) is 73.6 cm³/mol. The summed E-state index contributed by atoms with van der Waals surface area (Å²) in [6.45, 7) is 0.259. The van der Waals surface area contributed by atoms with Crippen LogP contribution in [0.2, 0.25) is 5.02 Å². The molecule has 0 bridgehead atoms. The summed E-state index contributed by atoms with van der Waals surface area (Å²) in [6, 6.07) is 9.15. The van der Waals surface area contributed by atoms with Crippen LogP contribution in [-0.2, 0) is 16.6 Å². The van der Waals surface area contributed by atoms with E-state index < -0.39 is 10.0 Å². The summed E-state index contributed by atoms with van der Waals surface area (Å²) in [6.07, 6.45) is 0. The van der Waals surface area contributed by atoms with Crippen LogP contribution >= 0.6 is 11.6 Å². The maximum Gasteiger partial charge on any atom is 0.238 e. The highest BCUT2D eigenvalue weighted by Gasteiger charge is 2.11. The number of nitriles is 1. The van der Waals surface area contributed by atoms with E-state index in [4.69, 9.17) is 26.4 Å². The second-order valence-corrected chi connectivity index (χ2v) is 5.89. The Morgan fingerprint density at radius 3 is 2.70 bits per heavy atom. The molecule has 0 spiro atoms. The van der Waals surface area contributed by atoms with Crippen LogP contribution in [0.4, 0.5) is 5.69 Å². The summed E-state index contributed by atoms with van der Waals surface area (Å²) < 4.78 is 27.7. The van der Waals surface area contributed by atoms with Crippen molar-refractivity contribution in [2.45, 2.75) is 11.4 Å². The number of nitrogens with zero attached hydrogens (tertiary/aromatic N) is 1. The Morgan fingerprint density at radius 1 is 1.35 bits per heavy atom. The van der Waals surface area contributed by atoms with Crippen molar-refractivity contribution in [2.75, 3.05) is 5.32 Å². The molecule has 0 saturated carbocycles. The van der Waals surface area contributed by atoms with Gasteiger partial charge in [0.1, 0.15) is 11.8 Å². The second-order valence-electron chi connectivity index (χ2n) is 3.92. The van der Waals surface area contributed by atoms with Crippen LogP contribution in [0.1, 0.15) is 11.5 Å². The number of sulfonamides is 1. The molecule has 20 heavy (non-hydrogen) atoms. The first kappa shape index (κ1) is 14.4. The van der Waals surface area contributed by atoms with Gasteiger partial charge >= 0.3 is 0 Å². The van der Waals surface area contributed by atoms with Gasteiger partial charge in [-0.2, -0.15) is 5.26 Å². The molecule has 0 aliphatic carbocycles. The fourth-order valence-corrected chi connectivity index (χ4v) is 2.26. The number of rotatable bonds is 4. The fourth-order valence-electron chi connectivity index (χ4n) is 1.53. The van der Waals surface area contributed by atoms with E-state index in [1.807, 2.05) is 6.07 Å². The van der Waals surface area contributed by atoms with Crippen LogP contribution in [0, 0.1) is 11.3 Å². The number of primary sulfonamides is 1. The highest BCUT2D eigenvalue weighted by Crippen LogP contribution is 2.25. The van der Waals surface area contributed by atoms with Crippen LogP contribution in [0.5, 0.6) is 0 Å². The quantitative estimate of drug-likeness (QED) is 0.898. The first-order chi connectivity index (χ1) is 9.40. The SMILES string of the molecule is N#Cc1ccc(CNc2cc(S(N)(=O)=O)ccc2Cl)o1. The molecule has 0 saturated heterocycles. The Bertz CT molecular complexity index is 777. The Kier molecular flexibility index (Phi) is 3.99. The second kappa shape index (κ2) is 5.54. The molecule has 104 valence electrons. The molecule has 1 aromatic carbocycles. The smallest absolute Gasteiger partial charge is 0.238 e. The van der Waals surface area contributed by atoms with Crippen molar-refractivity contribution in [3.8, 4) is 6.07 Å². The summed E-state index contributed by atoms with van der Waals surface area (Å²) >= 11 is 5.96. The zero-order chi connectivity index (χ0) is 14.8. The van der Waals surface area contributed by atoms with Gasteiger partial charge in [0.2, 0.25) is 15.8 Å². The molecule has 2 rings (SSSR count). The van der Waals surface area contributed by atoms with E-state index in [1.165, 1.54) is 18.2 Å². The lowest BCUT2D eigenvalue weighted by Crippen LogP contribution is -2.12. The van der Waals surface area contributed by atoms with E-state index in [0.29, 0.717) is 16.5 Å². The van der Waals surface area contributed by atoms with Crippen molar-refractivity contribution in [2.24, 2.45) is 5.14 Å². The van der Waals surface area contributed by atoms with Crippen LogP contribution in [-0.4, -0.2) is 8.42 Å². The molecule has 0 fully saturated rings. The normalized spacial score (nSPS) is 11.1. The van der Waals surface area contributed by atoms with Gasteiger partial charge in [-0.3, -0.25) is 0 Å². The molecule has 6 nitrogen and oxygen atoms in total. The number of furan rings is 1. The summed E-state index contributed by atoms with van der Waals surface area (Å²) in [5.74, 6) is 0.727. The van der Waals surface area contributed by atoms with Gasteiger partial charge in [-0.05, 0) is 30.3 Å². The van der Waals surface area contributed by atoms with Crippen LogP contribution in [0.3, 0.4) is 0 Å². The maximum absolute atomic E-state index is 11.3. The Hall–Kier alpha value is -2.01. The largest absolute Gasteiger partial charge is 0.449 e. The van der Waals surface area contributed by atoms with Crippen LogP contribution in [0.15, 0.2) is 39.6 Å². The predicted octanol–water partition coefficient (Wildman–Crippen LogP) is 2.06. The van der Waals surface area contributed by atoms with Crippen molar-refractivity contribution >= 4 is 27.3 Å². The topological polar surface area (TPSA) is 109 Å². The number of halogens is 1. The van der Waals surface area contributed by atoms with Crippen molar-refractivity contribution in [1.82, 2.24) is 0 Å². The van der Waals surface area contributed by atoms with Crippen molar-refractivity contribution in [1.29, 1.82) is 5.26 Å². The molecule has 2 aromatic rings. The molecule has 0 unspecified atom stereocenters. The lowest BCUT2D eigenvalue weighted by Gasteiger charge is -2.08. The number of hydrogen-bond donors (Lipinski definition) is 2. The van der Waals surface area contributed by atoms with Crippen LogP contribution in [0.25, 0.3) is 0 Å². The highest BCUT2D eigenvalue weighted by atomic mass is 35.5. The van der Waals surface area contributed by atoms with E-state index in [9.17, 15) is 8.42 Å². The zero-order valence-electron chi connectivity index (χ0n) is 10.1. The lowest BCUT2D eigenvalue weighted by atomic mass is 10.3. The first-order valence-corrected chi connectivity index (χ1v) is 7.37. The molecule has 8 heteroatoms. The van der Waals surface area contributed by atoms with Gasteiger partial charge in [-0.25, -0.2) is 13.6 Å². The molecule has 1 aromatic heterocycles. The highest BCUT2D eigenvalue weighted by molar-refractivity contribution is 7.89. The third kappa shape index (κ3) is 3.30. The van der Waals surface area contributed by atoms with E-state index in [0.717, 1.165) is 0 Å². The summed E-state index contributed by atoms with van der Waals surface area (Å²) in [5, 5.41) is 17.0. The zero-order valence-corrected chi connectivity index (χ0v) is 11.7. The molecule has 0 radical (unpaired) electrons. The van der Waals surface area contributed by atoms with E-state index >= 15 is 0 Å². The number of nitrogens with two attached hydrogens (primary N) is 1. The van der Waals surface area contributed by atoms with Crippen molar-refractivity contribution < 1.29 is 12.8 Å². The standard InChI is InChI=1S/C12H10ClN3O3S/c13-11-4-3-10(20(15,17)18)5-12(11)16-7-9-2-1-8(6-14)19-9/h1-5,16H,7H2,(H2,15,17,18). The van der Waals surface area contributed by atoms with E-state index in [-0.39, 0.29) is 17.2 Å². The summed E-state index contributed by atoms with van der Waals surface area (Å²) in [4.78, 5) is -0.0402. The maximum atomic E-state index is 11.3. The molecule has 1 heterocycles. The molecule has 0 aliphatic rings. The molecule has 0 atom stereocenters. The third-order valence-electron chi connectivity index (χ3n) is 2.49. The van der Waals surface area contributed by atoms with E-state index in [1.54, 1.807) is 12.1 Å². The van der Waals surface area contributed by atoms with Crippen molar-refractivity contribution in [3.05, 3.63) is 46.9 Å². The fraction of sp³-hybridized carbons (Fsp3) is 0.0833. The van der Waals surface area contributed by atoms with Crippen molar-refractivity contribution in [3.63, 3.8) is 0 Å². The lowest BCUT2D eigenvalue weighted by molar-refractivity contribution is 0.506. The van der Waals surface area contributed by atoms with Gasteiger partial charge < -0.3 is 9.73 Å². The van der Waals surface area contributed by atoms with Gasteiger partial charge in [0.15, 0.2) is 0 Å². The molecule has 0 amide bonds.